The monoisotopic (exact) mass is 428 g/mol. The molecule has 1 saturated heterocycles. The molecule has 2 aromatic rings. The van der Waals surface area contributed by atoms with Crippen molar-refractivity contribution in [2.24, 2.45) is 4.99 Å². The Morgan fingerprint density at radius 3 is 2.41 bits per heavy atom. The van der Waals surface area contributed by atoms with Gasteiger partial charge in [0.1, 0.15) is 12.4 Å². The van der Waals surface area contributed by atoms with Gasteiger partial charge in [-0.15, -0.1) is 0 Å². The van der Waals surface area contributed by atoms with Gasteiger partial charge in [-0.3, -0.25) is 14.7 Å². The molecule has 0 bridgehead atoms. The van der Waals surface area contributed by atoms with E-state index in [2.05, 4.69) is 4.99 Å². The Kier molecular flexibility index (Phi) is 7.04. The minimum absolute atomic E-state index is 0.00319. The molecule has 1 aliphatic heterocycles. The first kappa shape index (κ1) is 21.5. The molecule has 0 aromatic heterocycles. The number of nitrogens with zero attached hydrogens (tertiary/aromatic N) is 2. The summed E-state index contributed by atoms with van der Waals surface area (Å²) in [6.07, 6.45) is 1.91. The lowest BCUT2D eigenvalue weighted by Crippen LogP contribution is -2.35. The highest BCUT2D eigenvalue weighted by Crippen LogP contribution is 2.34. The van der Waals surface area contributed by atoms with Crippen LogP contribution < -0.4 is 4.74 Å². The lowest BCUT2D eigenvalue weighted by molar-refractivity contribution is -0.123. The summed E-state index contributed by atoms with van der Waals surface area (Å²) in [5.41, 5.74) is 1.89. The van der Waals surface area contributed by atoms with Crippen LogP contribution in [0, 0.1) is 0 Å². The van der Waals surface area contributed by atoms with E-state index in [-0.39, 0.29) is 18.0 Å². The van der Waals surface area contributed by atoms with Crippen LogP contribution in [0.4, 0.5) is 0 Å². The van der Waals surface area contributed by atoms with Crippen LogP contribution in [0.25, 0.3) is 6.08 Å². The van der Waals surface area contributed by atoms with Gasteiger partial charge in [-0.25, -0.2) is 0 Å². The van der Waals surface area contributed by atoms with Crippen LogP contribution in [0.15, 0.2) is 58.4 Å². The number of thioether (sulfide) groups is 1. The van der Waals surface area contributed by atoms with Gasteiger partial charge < -0.3 is 4.74 Å². The van der Waals surface area contributed by atoms with Crippen LogP contribution in [-0.2, 0) is 11.4 Å². The number of halogens is 1. The summed E-state index contributed by atoms with van der Waals surface area (Å²) in [6.45, 7) is 8.44. The molecule has 3 rings (SSSR count). The van der Waals surface area contributed by atoms with Gasteiger partial charge in [0.2, 0.25) is 0 Å². The summed E-state index contributed by atoms with van der Waals surface area (Å²) >= 11 is 7.60. The smallest absolute Gasteiger partial charge is 0.266 e. The Hall–Kier alpha value is -2.24. The molecule has 152 valence electrons. The highest BCUT2D eigenvalue weighted by molar-refractivity contribution is 8.18. The van der Waals surface area contributed by atoms with Crippen LogP contribution in [0.5, 0.6) is 5.75 Å². The second kappa shape index (κ2) is 9.51. The van der Waals surface area contributed by atoms with Gasteiger partial charge in [0.15, 0.2) is 5.17 Å². The van der Waals surface area contributed by atoms with Crippen LogP contribution >= 0.6 is 23.4 Å². The van der Waals surface area contributed by atoms with Crippen molar-refractivity contribution in [2.75, 3.05) is 0 Å². The molecule has 0 aliphatic carbocycles. The Morgan fingerprint density at radius 2 is 1.79 bits per heavy atom. The zero-order chi connectivity index (χ0) is 21.0. The first-order chi connectivity index (χ1) is 13.8. The molecule has 0 saturated carbocycles. The van der Waals surface area contributed by atoms with E-state index >= 15 is 0 Å². The number of carbonyl (C=O) groups is 1. The topological polar surface area (TPSA) is 41.9 Å². The fraction of sp³-hybridized carbons (Fsp3) is 0.304. The molecule has 1 fully saturated rings. The molecule has 6 heteroatoms. The minimum atomic E-state index is 0.00319. The molecular weight excluding hydrogens is 404 g/mol. The second-order valence-electron chi connectivity index (χ2n) is 7.33. The average molecular weight is 429 g/mol. The van der Waals surface area contributed by atoms with Gasteiger partial charge >= 0.3 is 0 Å². The maximum absolute atomic E-state index is 12.8. The molecule has 0 atom stereocenters. The molecule has 0 spiro atoms. The normalized spacial score (nSPS) is 17.2. The van der Waals surface area contributed by atoms with Gasteiger partial charge in [0, 0.05) is 22.7 Å². The number of benzene rings is 2. The molecule has 1 amide bonds. The summed E-state index contributed by atoms with van der Waals surface area (Å²) in [4.78, 5) is 19.9. The molecule has 0 radical (unpaired) electrons. The van der Waals surface area contributed by atoms with Gasteiger partial charge in [0.05, 0.1) is 4.91 Å². The maximum Gasteiger partial charge on any atom is 0.266 e. The average Bonchev–Trinajstić information content (AvgIpc) is 2.96. The third kappa shape index (κ3) is 5.43. The molecule has 29 heavy (non-hydrogen) atoms. The number of rotatable bonds is 6. The summed E-state index contributed by atoms with van der Waals surface area (Å²) in [5.74, 6) is 0.756. The Morgan fingerprint density at radius 1 is 1.10 bits per heavy atom. The third-order valence-electron chi connectivity index (χ3n) is 4.25. The number of hydrogen-bond acceptors (Lipinski definition) is 4. The van der Waals surface area contributed by atoms with Gasteiger partial charge in [-0.1, -0.05) is 41.9 Å². The van der Waals surface area contributed by atoms with E-state index in [0.29, 0.717) is 16.5 Å². The quantitative estimate of drug-likeness (QED) is 0.529. The van der Waals surface area contributed by atoms with E-state index in [9.17, 15) is 4.79 Å². The van der Waals surface area contributed by atoms with Crippen molar-refractivity contribution < 1.29 is 9.53 Å². The summed E-state index contributed by atoms with van der Waals surface area (Å²) in [6, 6.07) is 15.5. The van der Waals surface area contributed by atoms with Crippen molar-refractivity contribution in [2.45, 2.75) is 46.4 Å². The van der Waals surface area contributed by atoms with Crippen molar-refractivity contribution in [3.63, 3.8) is 0 Å². The first-order valence-corrected chi connectivity index (χ1v) is 10.8. The zero-order valence-electron chi connectivity index (χ0n) is 17.1. The number of amidine groups is 1. The number of ether oxygens (including phenoxy) is 1. The Bertz CT molecular complexity index is 936. The predicted molar refractivity (Wildman–Crippen MR) is 122 cm³/mol. The molecule has 0 unspecified atom stereocenters. The van der Waals surface area contributed by atoms with Gasteiger partial charge in [-0.2, -0.15) is 0 Å². The lowest BCUT2D eigenvalue weighted by Gasteiger charge is -2.20. The standard InChI is InChI=1S/C23H25ClN2O2S/c1-15(2)25-23-26(16(3)4)22(27)21(29-23)13-17-9-11-19(12-10-17)28-14-18-7-5-6-8-20(18)24/h5-13,15-16H,14H2,1-4H3/b21-13+,25-23?. The van der Waals surface area contributed by atoms with Crippen molar-refractivity contribution in [1.82, 2.24) is 4.90 Å². The van der Waals surface area contributed by atoms with E-state index in [0.717, 1.165) is 22.0 Å². The molecule has 1 aliphatic rings. The molecule has 4 nitrogen and oxygen atoms in total. The number of aliphatic imine (C=N–C) groups is 1. The maximum atomic E-state index is 12.8. The molecule has 1 heterocycles. The van der Waals surface area contributed by atoms with Crippen LogP contribution in [-0.4, -0.2) is 28.1 Å². The largest absolute Gasteiger partial charge is 0.489 e. The highest BCUT2D eigenvalue weighted by atomic mass is 35.5. The Labute approximate surface area is 181 Å². The van der Waals surface area contributed by atoms with E-state index in [1.807, 2.05) is 82.3 Å². The fourth-order valence-corrected chi connectivity index (χ4v) is 4.26. The minimum Gasteiger partial charge on any atom is -0.489 e. The first-order valence-electron chi connectivity index (χ1n) is 9.62. The van der Waals surface area contributed by atoms with Crippen LogP contribution in [0.3, 0.4) is 0 Å². The van der Waals surface area contributed by atoms with Crippen LogP contribution in [0.1, 0.15) is 38.8 Å². The van der Waals surface area contributed by atoms with Crippen molar-refractivity contribution in [3.05, 3.63) is 69.6 Å². The van der Waals surface area contributed by atoms with E-state index < -0.39 is 0 Å². The second-order valence-corrected chi connectivity index (χ2v) is 8.75. The number of hydrogen-bond donors (Lipinski definition) is 0. The molecule has 2 aromatic carbocycles. The Balaban J connectivity index is 1.72. The van der Waals surface area contributed by atoms with E-state index in [1.165, 1.54) is 11.8 Å². The van der Waals surface area contributed by atoms with Crippen molar-refractivity contribution in [1.29, 1.82) is 0 Å². The van der Waals surface area contributed by atoms with Gasteiger partial charge in [-0.05, 0) is 69.3 Å². The summed E-state index contributed by atoms with van der Waals surface area (Å²) in [7, 11) is 0. The van der Waals surface area contributed by atoms with E-state index in [1.54, 1.807) is 4.90 Å². The lowest BCUT2D eigenvalue weighted by atomic mass is 10.2. The summed E-state index contributed by atoms with van der Waals surface area (Å²) in [5, 5.41) is 1.46. The summed E-state index contributed by atoms with van der Waals surface area (Å²) < 4.78 is 5.82. The SMILES string of the molecule is CC(C)N=C1S/C(=C/c2ccc(OCc3ccccc3Cl)cc2)C(=O)N1C(C)C. The van der Waals surface area contributed by atoms with Crippen molar-refractivity contribution >= 4 is 40.5 Å². The van der Waals surface area contributed by atoms with Crippen LogP contribution in [0.2, 0.25) is 5.02 Å². The van der Waals surface area contributed by atoms with Crippen molar-refractivity contribution in [3.8, 4) is 5.75 Å². The molecule has 0 N–H and O–H groups in total. The number of amides is 1. The molecular formula is C23H25ClN2O2S. The van der Waals surface area contributed by atoms with E-state index in [4.69, 9.17) is 16.3 Å². The van der Waals surface area contributed by atoms with Gasteiger partial charge in [0.25, 0.3) is 5.91 Å². The predicted octanol–water partition coefficient (Wildman–Crippen LogP) is 6.01. The fourth-order valence-electron chi connectivity index (χ4n) is 2.84. The number of carbonyl (C=O) groups excluding carboxylic acids is 1. The highest BCUT2D eigenvalue weighted by Gasteiger charge is 2.35. The zero-order valence-corrected chi connectivity index (χ0v) is 18.6. The third-order valence-corrected chi connectivity index (χ3v) is 5.62.